The topological polar surface area (TPSA) is 95.0 Å². The van der Waals surface area contributed by atoms with Crippen molar-refractivity contribution in [1.29, 1.82) is 0 Å². The zero-order valence-corrected chi connectivity index (χ0v) is 25.3. The first-order chi connectivity index (χ1) is 21.7. The fraction of sp³-hybridized carbons (Fsp3) is 0.222. The molecular weight excluding hydrogens is 611 g/mol. The van der Waals surface area contributed by atoms with Gasteiger partial charge in [-0.1, -0.05) is 65.2 Å². The molecule has 6 atom stereocenters. The van der Waals surface area contributed by atoms with Crippen LogP contribution in [-0.2, 0) is 19.2 Å². The van der Waals surface area contributed by atoms with Crippen LogP contribution < -0.4 is 9.80 Å². The third-order valence-corrected chi connectivity index (χ3v) is 10.6. The van der Waals surface area contributed by atoms with Gasteiger partial charge in [0.05, 0.1) is 35.0 Å². The van der Waals surface area contributed by atoms with E-state index >= 15 is 0 Å². The van der Waals surface area contributed by atoms with Crippen LogP contribution in [0.4, 0.5) is 11.4 Å². The first-order valence-electron chi connectivity index (χ1n) is 14.9. The molecule has 0 aromatic heterocycles. The summed E-state index contributed by atoms with van der Waals surface area (Å²) in [5.74, 6) is -5.34. The van der Waals surface area contributed by atoms with Crippen LogP contribution in [0, 0.1) is 29.6 Å². The molecule has 0 radical (unpaired) electrons. The molecule has 0 bridgehead atoms. The summed E-state index contributed by atoms with van der Waals surface area (Å²) >= 11 is 12.2. The van der Waals surface area contributed by atoms with Crippen LogP contribution >= 0.6 is 23.2 Å². The Kier molecular flexibility index (Phi) is 6.41. The Morgan fingerprint density at radius 2 is 1.20 bits per heavy atom. The minimum Gasteiger partial charge on any atom is -0.508 e. The Morgan fingerprint density at radius 3 is 1.84 bits per heavy atom. The van der Waals surface area contributed by atoms with E-state index in [2.05, 4.69) is 0 Å². The van der Waals surface area contributed by atoms with E-state index in [9.17, 15) is 24.3 Å². The minimum absolute atomic E-state index is 0.0166. The maximum absolute atomic E-state index is 14.4. The van der Waals surface area contributed by atoms with E-state index in [0.717, 1.165) is 16.3 Å². The Hall–Kier alpha value is -4.46. The molecule has 4 amide bonds. The summed E-state index contributed by atoms with van der Waals surface area (Å²) in [5, 5.41) is 14.1. The quantitative estimate of drug-likeness (QED) is 0.195. The van der Waals surface area contributed by atoms with Gasteiger partial charge in [0, 0.05) is 21.5 Å². The second-order valence-corrected chi connectivity index (χ2v) is 13.1. The zero-order valence-electron chi connectivity index (χ0n) is 23.8. The number of phenolic OH excluding ortho intramolecular Hbond substituents is 1. The lowest BCUT2D eigenvalue weighted by atomic mass is 9.56. The number of hydrogen-bond donors (Lipinski definition) is 1. The molecule has 4 aromatic carbocycles. The number of phenols is 1. The summed E-state index contributed by atoms with van der Waals surface area (Å²) in [4.78, 5) is 59.0. The normalized spacial score (nSPS) is 27.5. The monoisotopic (exact) mass is 636 g/mol. The number of carbonyl (C=O) groups is 4. The van der Waals surface area contributed by atoms with Crippen LogP contribution in [0.1, 0.15) is 24.3 Å². The Labute approximate surface area is 268 Å². The van der Waals surface area contributed by atoms with Crippen molar-refractivity contribution >= 4 is 69.0 Å². The molecule has 6 unspecified atom stereocenters. The summed E-state index contributed by atoms with van der Waals surface area (Å²) in [6.07, 6.45) is 2.53. The van der Waals surface area contributed by atoms with Crippen LogP contribution in [-0.4, -0.2) is 28.7 Å². The molecule has 4 aromatic rings. The fourth-order valence-electron chi connectivity index (χ4n) is 8.21. The molecule has 1 N–H and O–H groups in total. The van der Waals surface area contributed by atoms with Gasteiger partial charge in [0.1, 0.15) is 5.75 Å². The van der Waals surface area contributed by atoms with Gasteiger partial charge in [-0.25, -0.2) is 0 Å². The number of nitrogens with zero attached hydrogens (tertiary/aromatic N) is 2. The van der Waals surface area contributed by atoms with Crippen molar-refractivity contribution in [3.05, 3.63) is 112 Å². The molecule has 9 heteroatoms. The van der Waals surface area contributed by atoms with Crippen LogP contribution in [0.3, 0.4) is 0 Å². The average Bonchev–Trinajstić information content (AvgIpc) is 3.45. The van der Waals surface area contributed by atoms with Crippen molar-refractivity contribution in [2.24, 2.45) is 29.6 Å². The van der Waals surface area contributed by atoms with Crippen LogP contribution in [0.15, 0.2) is 96.6 Å². The van der Waals surface area contributed by atoms with Gasteiger partial charge in [0.2, 0.25) is 23.6 Å². The Bertz CT molecular complexity index is 1970. The predicted molar refractivity (Wildman–Crippen MR) is 171 cm³/mol. The highest BCUT2D eigenvalue weighted by atomic mass is 35.5. The van der Waals surface area contributed by atoms with E-state index in [4.69, 9.17) is 23.2 Å². The number of halogens is 2. The number of fused-ring (bicyclic) bond motifs is 5. The second kappa shape index (κ2) is 10.3. The first-order valence-corrected chi connectivity index (χ1v) is 15.7. The molecule has 2 aliphatic carbocycles. The highest BCUT2D eigenvalue weighted by molar-refractivity contribution is 6.31. The SMILES string of the molecule is O=C1C2CC=C3C(CC4C(=O)N(c5ccc(Cl)cc5)C(=O)C4C3c3c(O)ccc4ccccc34)C2C(=O)N1c1ccc(Cl)cc1. The van der Waals surface area contributed by atoms with Crippen LogP contribution in [0.5, 0.6) is 5.75 Å². The molecule has 2 aliphatic heterocycles. The van der Waals surface area contributed by atoms with Gasteiger partial charge >= 0.3 is 0 Å². The van der Waals surface area contributed by atoms with Gasteiger partial charge in [-0.05, 0) is 84.1 Å². The molecule has 4 aliphatic rings. The van der Waals surface area contributed by atoms with Gasteiger partial charge in [0.25, 0.3) is 0 Å². The first kappa shape index (κ1) is 28.0. The maximum atomic E-state index is 14.4. The van der Waals surface area contributed by atoms with Gasteiger partial charge in [-0.15, -0.1) is 0 Å². The van der Waals surface area contributed by atoms with Crippen molar-refractivity contribution < 1.29 is 24.3 Å². The molecule has 8 rings (SSSR count). The van der Waals surface area contributed by atoms with Crippen molar-refractivity contribution in [3.63, 3.8) is 0 Å². The molecule has 224 valence electrons. The third-order valence-electron chi connectivity index (χ3n) is 10.1. The number of imide groups is 2. The highest BCUT2D eigenvalue weighted by Crippen LogP contribution is 2.60. The Balaban J connectivity index is 1.29. The number of benzene rings is 4. The molecule has 7 nitrogen and oxygen atoms in total. The van der Waals surface area contributed by atoms with Gasteiger partial charge in [-0.3, -0.25) is 29.0 Å². The van der Waals surface area contributed by atoms with Crippen molar-refractivity contribution in [3.8, 4) is 5.75 Å². The Morgan fingerprint density at radius 1 is 0.622 bits per heavy atom. The van der Waals surface area contributed by atoms with E-state index in [-0.39, 0.29) is 35.8 Å². The largest absolute Gasteiger partial charge is 0.508 e. The van der Waals surface area contributed by atoms with Crippen molar-refractivity contribution in [2.45, 2.75) is 18.8 Å². The van der Waals surface area contributed by atoms with E-state index < -0.39 is 35.5 Å². The van der Waals surface area contributed by atoms with E-state index in [1.54, 1.807) is 54.6 Å². The number of aromatic hydroxyl groups is 1. The van der Waals surface area contributed by atoms with E-state index in [1.165, 1.54) is 9.80 Å². The molecule has 0 spiro atoms. The number of allylic oxidation sites excluding steroid dienone is 2. The van der Waals surface area contributed by atoms with E-state index in [1.807, 2.05) is 36.4 Å². The summed E-state index contributed by atoms with van der Waals surface area (Å²) in [6, 6.07) is 24.2. The van der Waals surface area contributed by atoms with Crippen molar-refractivity contribution in [1.82, 2.24) is 0 Å². The maximum Gasteiger partial charge on any atom is 0.238 e. The highest BCUT2D eigenvalue weighted by Gasteiger charge is 2.62. The smallest absolute Gasteiger partial charge is 0.238 e. The van der Waals surface area contributed by atoms with Gasteiger partial charge in [0.15, 0.2) is 0 Å². The predicted octanol–water partition coefficient (Wildman–Crippen LogP) is 6.90. The van der Waals surface area contributed by atoms with Gasteiger partial charge in [-0.2, -0.15) is 0 Å². The summed E-state index contributed by atoms with van der Waals surface area (Å²) < 4.78 is 0. The molecule has 2 saturated heterocycles. The summed E-state index contributed by atoms with van der Waals surface area (Å²) in [5.41, 5.74) is 2.24. The van der Waals surface area contributed by atoms with Gasteiger partial charge < -0.3 is 5.11 Å². The fourth-order valence-corrected chi connectivity index (χ4v) is 8.46. The molecule has 1 saturated carbocycles. The van der Waals surface area contributed by atoms with Crippen LogP contribution in [0.25, 0.3) is 10.8 Å². The minimum atomic E-state index is -0.802. The summed E-state index contributed by atoms with van der Waals surface area (Å²) in [7, 11) is 0. The number of carbonyl (C=O) groups excluding carboxylic acids is 4. The zero-order chi connectivity index (χ0) is 31.1. The molecule has 3 fully saturated rings. The molecule has 45 heavy (non-hydrogen) atoms. The number of rotatable bonds is 3. The molecule has 2 heterocycles. The lowest BCUT2D eigenvalue weighted by molar-refractivity contribution is -0.126. The average molecular weight is 638 g/mol. The number of anilines is 2. The summed E-state index contributed by atoms with van der Waals surface area (Å²) in [6.45, 7) is 0. The van der Waals surface area contributed by atoms with E-state index in [0.29, 0.717) is 33.4 Å². The number of amides is 4. The van der Waals surface area contributed by atoms with Crippen LogP contribution in [0.2, 0.25) is 10.0 Å². The standard InChI is InChI=1S/C36H26Cl2N2O5/c37-19-6-10-21(11-7-19)39-33(42)25-15-14-24-26(29(25)35(39)44)17-27-32(36(45)40(34(27)43)22-12-8-20(38)9-13-22)31(24)30-23-4-2-1-3-18(23)5-16-28(30)41/h1-14,16,25-27,29,31-32,41H,15,17H2. The van der Waals surface area contributed by atoms with Crippen molar-refractivity contribution in [2.75, 3.05) is 9.80 Å². The molecular formula is C36H26Cl2N2O5. The lowest BCUT2D eigenvalue weighted by Crippen LogP contribution is -2.43. The third kappa shape index (κ3) is 4.10. The number of hydrogen-bond acceptors (Lipinski definition) is 5. The second-order valence-electron chi connectivity index (χ2n) is 12.2. The lowest BCUT2D eigenvalue weighted by Gasteiger charge is -2.44.